The maximum Gasteiger partial charge on any atom is 0.165 e. The highest BCUT2D eigenvalue weighted by Gasteiger charge is 2.30. The van der Waals surface area contributed by atoms with Gasteiger partial charge in [-0.15, -0.1) is 0 Å². The molecule has 2 atom stereocenters. The van der Waals surface area contributed by atoms with E-state index in [1.165, 1.54) is 76.2 Å². The lowest BCUT2D eigenvalue weighted by atomic mass is 9.68. The number of aryl methyl sites for hydroxylation is 1. The Kier molecular flexibility index (Phi) is 10.1. The third-order valence-electron chi connectivity index (χ3n) is 8.10. The Morgan fingerprint density at radius 2 is 1.32 bits per heavy atom. The van der Waals surface area contributed by atoms with Crippen LogP contribution in [0.15, 0.2) is 24.3 Å². The van der Waals surface area contributed by atoms with Crippen molar-refractivity contribution in [3.05, 3.63) is 29.8 Å². The van der Waals surface area contributed by atoms with Gasteiger partial charge in [0.25, 0.3) is 0 Å². The number of rotatable bonds is 11. The van der Waals surface area contributed by atoms with E-state index < -0.39 is 12.3 Å². The largest absolute Gasteiger partial charge is 0.490 e. The summed E-state index contributed by atoms with van der Waals surface area (Å²) >= 11 is 0. The Hall–Kier alpha value is -1.12. The minimum Gasteiger partial charge on any atom is -0.490 e. The predicted octanol–water partition coefficient (Wildman–Crippen LogP) is 8.50. The van der Waals surface area contributed by atoms with Crippen LogP contribution in [-0.2, 0) is 6.42 Å². The van der Waals surface area contributed by atoms with Gasteiger partial charge < -0.3 is 4.74 Å². The lowest BCUT2D eigenvalue weighted by Gasteiger charge is -2.38. The van der Waals surface area contributed by atoms with E-state index in [9.17, 15) is 8.78 Å². The van der Waals surface area contributed by atoms with Gasteiger partial charge in [0.05, 0.1) is 0 Å². The van der Waals surface area contributed by atoms with Crippen molar-refractivity contribution in [2.75, 3.05) is 6.61 Å². The van der Waals surface area contributed by atoms with Crippen molar-refractivity contribution in [1.82, 2.24) is 0 Å². The number of benzene rings is 1. The second-order valence-corrected chi connectivity index (χ2v) is 10.3. The van der Waals surface area contributed by atoms with Gasteiger partial charge in [0, 0.05) is 0 Å². The molecule has 0 aliphatic heterocycles. The number of hydrogen-bond donors (Lipinski definition) is 0. The van der Waals surface area contributed by atoms with Crippen LogP contribution in [0.5, 0.6) is 5.75 Å². The zero-order chi connectivity index (χ0) is 22.1. The van der Waals surface area contributed by atoms with Gasteiger partial charge in [-0.1, -0.05) is 64.5 Å². The molecule has 3 heteroatoms. The monoisotopic (exact) mass is 434 g/mol. The first-order valence-corrected chi connectivity index (χ1v) is 13.1. The molecule has 31 heavy (non-hydrogen) atoms. The maximum absolute atomic E-state index is 13.6. The summed E-state index contributed by atoms with van der Waals surface area (Å²) in [6.07, 6.45) is 14.0. The van der Waals surface area contributed by atoms with Crippen LogP contribution in [0.25, 0.3) is 0 Å². The van der Waals surface area contributed by atoms with Crippen molar-refractivity contribution in [1.29, 1.82) is 0 Å². The van der Waals surface area contributed by atoms with Crippen LogP contribution in [0, 0.1) is 23.7 Å². The quantitative estimate of drug-likeness (QED) is 0.339. The molecule has 2 aliphatic rings. The van der Waals surface area contributed by atoms with Crippen LogP contribution < -0.4 is 4.74 Å². The molecule has 0 heterocycles. The normalized spacial score (nSPS) is 28.8. The van der Waals surface area contributed by atoms with E-state index in [4.69, 9.17) is 4.74 Å². The number of alkyl halides is 2. The highest BCUT2D eigenvalue weighted by atomic mass is 19.2. The van der Waals surface area contributed by atoms with Gasteiger partial charge >= 0.3 is 0 Å². The molecule has 1 aromatic carbocycles. The molecule has 176 valence electrons. The summed E-state index contributed by atoms with van der Waals surface area (Å²) in [6, 6.07) is 7.95. The average Bonchev–Trinajstić information content (AvgIpc) is 2.82. The van der Waals surface area contributed by atoms with E-state index in [1.807, 2.05) is 12.1 Å². The Morgan fingerprint density at radius 1 is 0.774 bits per heavy atom. The molecule has 1 nitrogen and oxygen atoms in total. The van der Waals surface area contributed by atoms with E-state index in [-0.39, 0.29) is 13.0 Å². The maximum atomic E-state index is 13.6. The van der Waals surface area contributed by atoms with Crippen molar-refractivity contribution < 1.29 is 13.5 Å². The van der Waals surface area contributed by atoms with E-state index in [2.05, 4.69) is 19.1 Å². The summed E-state index contributed by atoms with van der Waals surface area (Å²) in [5, 5.41) is 0. The average molecular weight is 435 g/mol. The van der Waals surface area contributed by atoms with Gasteiger partial charge in [0.15, 0.2) is 6.17 Å². The van der Waals surface area contributed by atoms with Crippen LogP contribution in [0.3, 0.4) is 0 Å². The van der Waals surface area contributed by atoms with Crippen LogP contribution in [-0.4, -0.2) is 19.0 Å². The first kappa shape index (κ1) is 24.5. The SMILES string of the molecule is CCCC1CCC(C2CCC(CCc3ccc(OCC(F)C(F)CC)cc3)CC2)CC1. The molecule has 0 aromatic heterocycles. The van der Waals surface area contributed by atoms with Crippen molar-refractivity contribution in [2.24, 2.45) is 23.7 Å². The molecule has 2 saturated carbocycles. The van der Waals surface area contributed by atoms with Gasteiger partial charge in [0.2, 0.25) is 0 Å². The zero-order valence-electron chi connectivity index (χ0n) is 19.8. The summed E-state index contributed by atoms with van der Waals surface area (Å²) in [7, 11) is 0. The van der Waals surface area contributed by atoms with Crippen LogP contribution in [0.2, 0.25) is 0 Å². The third-order valence-corrected chi connectivity index (χ3v) is 8.10. The van der Waals surface area contributed by atoms with Crippen LogP contribution in [0.4, 0.5) is 8.78 Å². The van der Waals surface area contributed by atoms with Gasteiger partial charge in [-0.3, -0.25) is 0 Å². The van der Waals surface area contributed by atoms with Crippen molar-refractivity contribution in [2.45, 2.75) is 110 Å². The fourth-order valence-electron chi connectivity index (χ4n) is 5.96. The lowest BCUT2D eigenvalue weighted by molar-refractivity contribution is 0.106. The van der Waals surface area contributed by atoms with Gasteiger partial charge in [-0.05, 0) is 86.3 Å². The first-order chi connectivity index (χ1) is 15.1. The van der Waals surface area contributed by atoms with Crippen LogP contribution >= 0.6 is 0 Å². The second kappa shape index (κ2) is 12.8. The molecule has 0 amide bonds. The van der Waals surface area contributed by atoms with Crippen molar-refractivity contribution in [3.8, 4) is 5.75 Å². The first-order valence-electron chi connectivity index (χ1n) is 13.1. The summed E-state index contributed by atoms with van der Waals surface area (Å²) in [5.41, 5.74) is 1.32. The summed E-state index contributed by atoms with van der Waals surface area (Å²) in [5.74, 6) is 4.52. The minimum absolute atomic E-state index is 0.186. The van der Waals surface area contributed by atoms with Gasteiger partial charge in [0.1, 0.15) is 18.5 Å². The fraction of sp³-hybridized carbons (Fsp3) is 0.786. The highest BCUT2D eigenvalue weighted by molar-refractivity contribution is 5.27. The number of ether oxygens (including phenoxy) is 1. The topological polar surface area (TPSA) is 9.23 Å². The standard InChI is InChI=1S/C28H44F2O/c1-3-5-21-8-14-24(15-9-21)25-16-10-22(11-17-25)6-7-23-12-18-26(19-13-23)31-20-28(30)27(29)4-2/h12-13,18-19,21-22,24-25,27-28H,3-11,14-17,20H2,1-2H3. The Bertz CT molecular complexity index is 600. The lowest BCUT2D eigenvalue weighted by Crippen LogP contribution is -2.26. The molecular formula is C28H44F2O. The third kappa shape index (κ3) is 7.75. The van der Waals surface area contributed by atoms with E-state index >= 15 is 0 Å². The molecule has 2 unspecified atom stereocenters. The Labute approximate surface area is 189 Å². The Balaban J connectivity index is 1.32. The summed E-state index contributed by atoms with van der Waals surface area (Å²) in [4.78, 5) is 0. The number of halogens is 2. The smallest absolute Gasteiger partial charge is 0.165 e. The molecule has 0 bridgehead atoms. The van der Waals surface area contributed by atoms with Gasteiger partial charge in [-0.25, -0.2) is 8.78 Å². The van der Waals surface area contributed by atoms with Crippen molar-refractivity contribution in [3.63, 3.8) is 0 Å². The molecule has 3 rings (SSSR count). The molecule has 0 radical (unpaired) electrons. The molecular weight excluding hydrogens is 390 g/mol. The molecule has 0 N–H and O–H groups in total. The molecule has 0 saturated heterocycles. The molecule has 2 aliphatic carbocycles. The Morgan fingerprint density at radius 3 is 1.84 bits per heavy atom. The molecule has 0 spiro atoms. The molecule has 2 fully saturated rings. The van der Waals surface area contributed by atoms with E-state index in [0.717, 1.165) is 30.1 Å². The summed E-state index contributed by atoms with van der Waals surface area (Å²) in [6.45, 7) is 3.77. The predicted molar refractivity (Wildman–Crippen MR) is 126 cm³/mol. The minimum atomic E-state index is -1.55. The summed E-state index contributed by atoms with van der Waals surface area (Å²) < 4.78 is 32.3. The highest BCUT2D eigenvalue weighted by Crippen LogP contribution is 2.43. The van der Waals surface area contributed by atoms with Gasteiger partial charge in [-0.2, -0.15) is 0 Å². The fourth-order valence-corrected chi connectivity index (χ4v) is 5.96. The van der Waals surface area contributed by atoms with E-state index in [1.54, 1.807) is 6.92 Å². The van der Waals surface area contributed by atoms with Crippen molar-refractivity contribution >= 4 is 0 Å². The number of hydrogen-bond acceptors (Lipinski definition) is 1. The van der Waals surface area contributed by atoms with Crippen LogP contribution in [0.1, 0.15) is 96.5 Å². The van der Waals surface area contributed by atoms with E-state index in [0.29, 0.717) is 5.75 Å². The molecule has 1 aromatic rings. The zero-order valence-corrected chi connectivity index (χ0v) is 19.8. The second-order valence-electron chi connectivity index (χ2n) is 10.3.